The molecule has 28 heavy (non-hydrogen) atoms. The normalized spacial score (nSPS) is 15.8. The van der Waals surface area contributed by atoms with Crippen molar-refractivity contribution >= 4 is 11.9 Å². The highest BCUT2D eigenvalue weighted by Gasteiger charge is 2.39. The Morgan fingerprint density at radius 1 is 0.964 bits per heavy atom. The fourth-order valence-corrected chi connectivity index (χ4v) is 3.42. The van der Waals surface area contributed by atoms with Crippen molar-refractivity contribution in [1.29, 1.82) is 0 Å². The van der Waals surface area contributed by atoms with E-state index in [0.717, 1.165) is 31.2 Å². The van der Waals surface area contributed by atoms with Crippen LogP contribution in [0.1, 0.15) is 68.8 Å². The average Bonchev–Trinajstić information content (AvgIpc) is 3.18. The molecule has 0 amide bonds. The summed E-state index contributed by atoms with van der Waals surface area (Å²) in [6, 6.07) is 16.6. The third-order valence-electron chi connectivity index (χ3n) is 5.74. The topological polar surface area (TPSA) is 52.6 Å². The Kier molecular flexibility index (Phi) is 5.87. The van der Waals surface area contributed by atoms with Crippen LogP contribution >= 0.6 is 0 Å². The summed E-state index contributed by atoms with van der Waals surface area (Å²) in [5, 5.41) is 0. The zero-order valence-electron chi connectivity index (χ0n) is 16.9. The largest absolute Gasteiger partial charge is 0.451 e. The first kappa shape index (κ1) is 20.1. The average molecular weight is 380 g/mol. The van der Waals surface area contributed by atoms with Gasteiger partial charge in [0.1, 0.15) is 11.4 Å². The van der Waals surface area contributed by atoms with Gasteiger partial charge in [-0.05, 0) is 75.8 Å². The first-order valence-electron chi connectivity index (χ1n) is 9.97. The van der Waals surface area contributed by atoms with Crippen molar-refractivity contribution in [3.8, 4) is 5.75 Å². The van der Waals surface area contributed by atoms with Crippen LogP contribution in [0, 0.1) is 5.41 Å². The molecular formula is C24H28O4. The monoisotopic (exact) mass is 380 g/mol. The van der Waals surface area contributed by atoms with Gasteiger partial charge in [-0.15, -0.1) is 0 Å². The summed E-state index contributed by atoms with van der Waals surface area (Å²) >= 11 is 0. The first-order valence-corrected chi connectivity index (χ1v) is 9.97. The smallest absolute Gasteiger partial charge is 0.339 e. The maximum Gasteiger partial charge on any atom is 0.339 e. The van der Waals surface area contributed by atoms with E-state index in [9.17, 15) is 9.59 Å². The predicted molar refractivity (Wildman–Crippen MR) is 108 cm³/mol. The molecule has 2 aromatic carbocycles. The number of carbonyl (C=O) groups is 2. The molecule has 0 saturated heterocycles. The highest BCUT2D eigenvalue weighted by Crippen LogP contribution is 2.42. The highest BCUT2D eigenvalue weighted by atomic mass is 16.6. The van der Waals surface area contributed by atoms with Gasteiger partial charge in [0.2, 0.25) is 0 Å². The molecule has 0 unspecified atom stereocenters. The quantitative estimate of drug-likeness (QED) is 0.480. The molecule has 4 nitrogen and oxygen atoms in total. The van der Waals surface area contributed by atoms with Crippen LogP contribution in [-0.2, 0) is 15.1 Å². The SMILES string of the molecule is CCC(C)(C)C(=O)Oc1ccc(C(=O)OC2(c3ccccc3)CCCC2)cc1. The minimum absolute atomic E-state index is 0.278. The van der Waals surface area contributed by atoms with Crippen LogP contribution in [0.5, 0.6) is 5.75 Å². The van der Waals surface area contributed by atoms with Gasteiger partial charge in [-0.25, -0.2) is 4.79 Å². The molecule has 1 fully saturated rings. The minimum atomic E-state index is -0.547. The van der Waals surface area contributed by atoms with Crippen LogP contribution in [0.2, 0.25) is 0 Å². The second-order valence-corrected chi connectivity index (χ2v) is 8.11. The summed E-state index contributed by atoms with van der Waals surface area (Å²) < 4.78 is 11.5. The van der Waals surface area contributed by atoms with E-state index < -0.39 is 11.0 Å². The molecule has 0 spiro atoms. The van der Waals surface area contributed by atoms with E-state index in [4.69, 9.17) is 9.47 Å². The number of hydrogen-bond donors (Lipinski definition) is 0. The molecule has 0 N–H and O–H groups in total. The van der Waals surface area contributed by atoms with Gasteiger partial charge in [0.15, 0.2) is 0 Å². The lowest BCUT2D eigenvalue weighted by molar-refractivity contribution is -0.144. The van der Waals surface area contributed by atoms with Gasteiger partial charge in [0.05, 0.1) is 11.0 Å². The van der Waals surface area contributed by atoms with Gasteiger partial charge in [-0.3, -0.25) is 4.79 Å². The van der Waals surface area contributed by atoms with Crippen molar-refractivity contribution < 1.29 is 19.1 Å². The second-order valence-electron chi connectivity index (χ2n) is 8.11. The molecule has 0 aromatic heterocycles. The van der Waals surface area contributed by atoms with Crippen LogP contribution in [0.25, 0.3) is 0 Å². The van der Waals surface area contributed by atoms with Gasteiger partial charge in [-0.2, -0.15) is 0 Å². The summed E-state index contributed by atoms with van der Waals surface area (Å²) in [4.78, 5) is 25.0. The standard InChI is InChI=1S/C24H28O4/c1-4-23(2,3)22(26)27-20-14-12-18(13-15-20)21(25)28-24(16-8-9-17-24)19-10-6-5-7-11-19/h5-7,10-15H,4,8-9,16-17H2,1-3H3. The Balaban J connectivity index is 1.72. The molecule has 1 aliphatic rings. The fourth-order valence-electron chi connectivity index (χ4n) is 3.42. The Morgan fingerprint density at radius 3 is 2.14 bits per heavy atom. The van der Waals surface area contributed by atoms with Crippen molar-refractivity contribution in [2.24, 2.45) is 5.41 Å². The molecule has 1 aliphatic carbocycles. The van der Waals surface area contributed by atoms with E-state index in [1.807, 2.05) is 51.1 Å². The van der Waals surface area contributed by atoms with E-state index in [1.54, 1.807) is 24.3 Å². The molecular weight excluding hydrogens is 352 g/mol. The summed E-state index contributed by atoms with van der Waals surface area (Å²) in [5.74, 6) is -0.196. The number of benzene rings is 2. The minimum Gasteiger partial charge on any atom is -0.451 e. The molecule has 2 aromatic rings. The molecule has 148 valence electrons. The first-order chi connectivity index (χ1) is 13.4. The lowest BCUT2D eigenvalue weighted by Crippen LogP contribution is -2.29. The van der Waals surface area contributed by atoms with Gasteiger partial charge in [0.25, 0.3) is 0 Å². The maximum absolute atomic E-state index is 12.8. The van der Waals surface area contributed by atoms with Crippen molar-refractivity contribution in [1.82, 2.24) is 0 Å². The number of esters is 2. The molecule has 0 aliphatic heterocycles. The molecule has 0 radical (unpaired) electrons. The van der Waals surface area contributed by atoms with E-state index in [-0.39, 0.29) is 11.9 Å². The van der Waals surface area contributed by atoms with Crippen molar-refractivity contribution in [3.05, 3.63) is 65.7 Å². The molecule has 1 saturated carbocycles. The number of hydrogen-bond acceptors (Lipinski definition) is 4. The summed E-state index contributed by atoms with van der Waals surface area (Å²) in [7, 11) is 0. The lowest BCUT2D eigenvalue weighted by Gasteiger charge is -2.29. The van der Waals surface area contributed by atoms with Crippen molar-refractivity contribution in [2.75, 3.05) is 0 Å². The fraction of sp³-hybridized carbons (Fsp3) is 0.417. The summed E-state index contributed by atoms with van der Waals surface area (Å²) in [6.07, 6.45) is 4.46. The van der Waals surface area contributed by atoms with Gasteiger partial charge < -0.3 is 9.47 Å². The van der Waals surface area contributed by atoms with E-state index in [1.165, 1.54) is 0 Å². The van der Waals surface area contributed by atoms with E-state index in [0.29, 0.717) is 17.7 Å². The van der Waals surface area contributed by atoms with E-state index in [2.05, 4.69) is 0 Å². The number of rotatable bonds is 6. The van der Waals surface area contributed by atoms with Crippen LogP contribution in [0.4, 0.5) is 0 Å². The third kappa shape index (κ3) is 4.27. The predicted octanol–water partition coefficient (Wildman–Crippen LogP) is 5.65. The Bertz CT molecular complexity index is 815. The molecule has 0 atom stereocenters. The Labute approximate surface area is 166 Å². The van der Waals surface area contributed by atoms with Gasteiger partial charge >= 0.3 is 11.9 Å². The van der Waals surface area contributed by atoms with Crippen LogP contribution in [0.3, 0.4) is 0 Å². The zero-order chi connectivity index (χ0) is 20.2. The van der Waals surface area contributed by atoms with Crippen LogP contribution in [-0.4, -0.2) is 11.9 Å². The van der Waals surface area contributed by atoms with Crippen LogP contribution < -0.4 is 4.74 Å². The van der Waals surface area contributed by atoms with Gasteiger partial charge in [0, 0.05) is 0 Å². The van der Waals surface area contributed by atoms with Crippen molar-refractivity contribution in [2.45, 2.75) is 58.5 Å². The van der Waals surface area contributed by atoms with E-state index >= 15 is 0 Å². The lowest BCUT2D eigenvalue weighted by atomic mass is 9.91. The van der Waals surface area contributed by atoms with Crippen LogP contribution in [0.15, 0.2) is 54.6 Å². The third-order valence-corrected chi connectivity index (χ3v) is 5.74. The zero-order valence-corrected chi connectivity index (χ0v) is 16.9. The molecule has 3 rings (SSSR count). The van der Waals surface area contributed by atoms with Gasteiger partial charge in [-0.1, -0.05) is 37.3 Å². The highest BCUT2D eigenvalue weighted by molar-refractivity contribution is 5.90. The molecule has 0 bridgehead atoms. The Hall–Kier alpha value is -2.62. The Morgan fingerprint density at radius 2 is 1.57 bits per heavy atom. The summed E-state index contributed by atoms with van der Waals surface area (Å²) in [5.41, 5.74) is 0.418. The molecule has 4 heteroatoms. The van der Waals surface area contributed by atoms with Crippen molar-refractivity contribution in [3.63, 3.8) is 0 Å². The second kappa shape index (κ2) is 8.17. The number of carbonyl (C=O) groups excluding carboxylic acids is 2. The maximum atomic E-state index is 12.8. The number of ether oxygens (including phenoxy) is 2. The molecule has 0 heterocycles. The summed E-state index contributed by atoms with van der Waals surface area (Å²) in [6.45, 7) is 5.66.